The van der Waals surface area contributed by atoms with Gasteiger partial charge in [-0.1, -0.05) is 41.9 Å². The lowest BCUT2D eigenvalue weighted by Gasteiger charge is -2.31. The number of fused-ring (bicyclic) bond motifs is 1. The number of hydrogen-bond donors (Lipinski definition) is 3. The predicted molar refractivity (Wildman–Crippen MR) is 132 cm³/mol. The number of aliphatic hydroxyl groups excluding tert-OH is 1. The Hall–Kier alpha value is -1.92. The Morgan fingerprint density at radius 2 is 1.88 bits per heavy atom. The van der Waals surface area contributed by atoms with E-state index in [9.17, 15) is 9.90 Å². The van der Waals surface area contributed by atoms with Crippen molar-refractivity contribution < 1.29 is 19.7 Å². The van der Waals surface area contributed by atoms with Crippen molar-refractivity contribution in [3.8, 4) is 0 Å². The molecule has 2 atom stereocenters. The normalized spacial score (nSPS) is 15.9. The number of rotatable bonds is 12. The third-order valence-electron chi connectivity index (χ3n) is 6.44. The minimum atomic E-state index is -0.847. The summed E-state index contributed by atoms with van der Waals surface area (Å²) in [5.41, 5.74) is 4.61. The van der Waals surface area contributed by atoms with Crippen LogP contribution in [0.1, 0.15) is 62.0 Å². The van der Waals surface area contributed by atoms with Crippen LogP contribution >= 0.6 is 11.6 Å². The molecule has 3 N–H and O–H groups in total. The Morgan fingerprint density at radius 3 is 2.52 bits per heavy atom. The van der Waals surface area contributed by atoms with Crippen LogP contribution in [0.3, 0.4) is 0 Å². The van der Waals surface area contributed by atoms with Gasteiger partial charge in [-0.15, -0.1) is 0 Å². The van der Waals surface area contributed by atoms with Gasteiger partial charge in [0.15, 0.2) is 0 Å². The minimum absolute atomic E-state index is 0.0355. The fourth-order valence-corrected chi connectivity index (χ4v) is 5.01. The quantitative estimate of drug-likeness (QED) is 0.405. The fourth-order valence-electron chi connectivity index (χ4n) is 4.82. The highest BCUT2D eigenvalue weighted by atomic mass is 35.5. The zero-order valence-electron chi connectivity index (χ0n) is 19.8. The topological polar surface area (TPSA) is 78.8 Å². The molecule has 0 amide bonds. The summed E-state index contributed by atoms with van der Waals surface area (Å²) < 4.78 is 5.94. The van der Waals surface area contributed by atoms with Crippen molar-refractivity contribution in [1.82, 2.24) is 5.32 Å². The largest absolute Gasteiger partial charge is 0.481 e. The summed E-state index contributed by atoms with van der Waals surface area (Å²) in [6.45, 7) is 6.94. The number of carbonyl (C=O) groups is 1. The highest BCUT2D eigenvalue weighted by Gasteiger charge is 2.28. The zero-order valence-corrected chi connectivity index (χ0v) is 20.6. The molecule has 0 bridgehead atoms. The molecule has 2 aromatic rings. The molecule has 0 spiro atoms. The summed E-state index contributed by atoms with van der Waals surface area (Å²) in [6, 6.07) is 14.1. The van der Waals surface area contributed by atoms with E-state index in [0.717, 1.165) is 30.4 Å². The maximum Gasteiger partial charge on any atom is 0.303 e. The molecule has 1 aliphatic rings. The van der Waals surface area contributed by atoms with E-state index in [1.54, 1.807) is 12.1 Å². The van der Waals surface area contributed by atoms with Crippen molar-refractivity contribution in [3.63, 3.8) is 0 Å². The number of benzene rings is 2. The molecular weight excluding hydrogens is 438 g/mol. The third-order valence-corrected chi connectivity index (χ3v) is 6.68. The number of β-amino-alcohol motifs (C(OH)–C–C–N with tert-alkyl or cyclic N) is 1. The van der Waals surface area contributed by atoms with Gasteiger partial charge in [-0.05, 0) is 86.8 Å². The molecule has 0 heterocycles. The molecule has 0 aliphatic heterocycles. The van der Waals surface area contributed by atoms with E-state index in [2.05, 4.69) is 43.4 Å². The average molecular weight is 474 g/mol. The van der Waals surface area contributed by atoms with Crippen LogP contribution in [0.4, 0.5) is 0 Å². The monoisotopic (exact) mass is 473 g/mol. The van der Waals surface area contributed by atoms with Gasteiger partial charge in [-0.3, -0.25) is 4.79 Å². The van der Waals surface area contributed by atoms with Crippen LogP contribution in [-0.2, 0) is 28.8 Å². The number of ether oxygens (including phenoxy) is 1. The lowest BCUT2D eigenvalue weighted by atomic mass is 9.88. The van der Waals surface area contributed by atoms with Gasteiger partial charge in [-0.2, -0.15) is 0 Å². The number of aliphatic hydroxyl groups is 1. The van der Waals surface area contributed by atoms with E-state index in [4.69, 9.17) is 21.4 Å². The van der Waals surface area contributed by atoms with E-state index in [0.29, 0.717) is 23.9 Å². The van der Waals surface area contributed by atoms with Crippen LogP contribution in [0.2, 0.25) is 5.02 Å². The standard InChI is InChI=1S/C27H36ClNO4/c1-18(25-10-9-23(28)14-22(25)8-11-26(31)32)33-17-24(30)16-29-27(2,3)15-19-12-20-6-4-5-7-21(20)13-19/h4-7,9-10,14,18-19,24,29-30H,8,11-13,15-17H2,1-3H3,(H,31,32)/t18-,24-/m1/s1. The Kier molecular flexibility index (Phi) is 8.94. The molecule has 33 heavy (non-hydrogen) atoms. The molecule has 0 aromatic heterocycles. The summed E-state index contributed by atoms with van der Waals surface area (Å²) in [6.07, 6.45) is 2.80. The van der Waals surface area contributed by atoms with E-state index in [1.165, 1.54) is 11.1 Å². The second kappa shape index (κ2) is 11.5. The SMILES string of the molecule is C[C@@H](OC[C@H](O)CNC(C)(C)CC1Cc2ccccc2C1)c1ccc(Cl)cc1CCC(=O)O. The number of halogens is 1. The summed E-state index contributed by atoms with van der Waals surface area (Å²) in [4.78, 5) is 11.0. The van der Waals surface area contributed by atoms with Crippen molar-refractivity contribution in [2.45, 2.75) is 70.6 Å². The van der Waals surface area contributed by atoms with Gasteiger partial charge in [0.25, 0.3) is 0 Å². The van der Waals surface area contributed by atoms with Crippen LogP contribution in [0, 0.1) is 5.92 Å². The lowest BCUT2D eigenvalue weighted by molar-refractivity contribution is -0.136. The Balaban J connectivity index is 1.45. The first-order valence-corrected chi connectivity index (χ1v) is 12.1. The van der Waals surface area contributed by atoms with Gasteiger partial charge < -0.3 is 20.3 Å². The second-order valence-corrected chi connectivity index (χ2v) is 10.3. The van der Waals surface area contributed by atoms with Crippen molar-refractivity contribution in [2.75, 3.05) is 13.2 Å². The summed E-state index contributed by atoms with van der Waals surface area (Å²) >= 11 is 6.10. The lowest BCUT2D eigenvalue weighted by Crippen LogP contribution is -2.45. The zero-order chi connectivity index (χ0) is 24.0. The predicted octanol–water partition coefficient (Wildman–Crippen LogP) is 4.97. The molecule has 1 aliphatic carbocycles. The van der Waals surface area contributed by atoms with Crippen molar-refractivity contribution in [2.24, 2.45) is 5.92 Å². The maximum atomic E-state index is 11.0. The molecule has 0 fully saturated rings. The smallest absolute Gasteiger partial charge is 0.303 e. The van der Waals surface area contributed by atoms with Gasteiger partial charge in [-0.25, -0.2) is 0 Å². The molecule has 180 valence electrons. The fraction of sp³-hybridized carbons (Fsp3) is 0.519. The average Bonchev–Trinajstić information content (AvgIpc) is 3.16. The Morgan fingerprint density at radius 1 is 1.21 bits per heavy atom. The molecule has 0 saturated heterocycles. The number of aliphatic carboxylic acids is 1. The summed E-state index contributed by atoms with van der Waals surface area (Å²) in [7, 11) is 0. The van der Waals surface area contributed by atoms with Crippen molar-refractivity contribution in [3.05, 3.63) is 69.7 Å². The number of hydrogen-bond acceptors (Lipinski definition) is 4. The first-order valence-electron chi connectivity index (χ1n) is 11.7. The van der Waals surface area contributed by atoms with Crippen LogP contribution in [0.5, 0.6) is 0 Å². The summed E-state index contributed by atoms with van der Waals surface area (Å²) in [5, 5.41) is 23.6. The molecule has 2 aromatic carbocycles. The molecule has 0 radical (unpaired) electrons. The van der Waals surface area contributed by atoms with Crippen LogP contribution in [-0.4, -0.2) is 41.0 Å². The van der Waals surface area contributed by atoms with Crippen LogP contribution in [0.25, 0.3) is 0 Å². The highest BCUT2D eigenvalue weighted by molar-refractivity contribution is 6.30. The Bertz CT molecular complexity index is 920. The number of aryl methyl sites for hydroxylation is 1. The van der Waals surface area contributed by atoms with Crippen LogP contribution < -0.4 is 5.32 Å². The molecule has 0 saturated carbocycles. The maximum absolute atomic E-state index is 11.0. The van der Waals surface area contributed by atoms with E-state index >= 15 is 0 Å². The van der Waals surface area contributed by atoms with Gasteiger partial charge in [0, 0.05) is 23.5 Å². The van der Waals surface area contributed by atoms with E-state index in [-0.39, 0.29) is 24.7 Å². The van der Waals surface area contributed by atoms with Crippen LogP contribution in [0.15, 0.2) is 42.5 Å². The molecular formula is C27H36ClNO4. The van der Waals surface area contributed by atoms with Gasteiger partial charge in [0.1, 0.15) is 0 Å². The first kappa shape index (κ1) is 25.7. The summed E-state index contributed by atoms with van der Waals surface area (Å²) in [5.74, 6) is -0.229. The van der Waals surface area contributed by atoms with Crippen molar-refractivity contribution >= 4 is 17.6 Å². The van der Waals surface area contributed by atoms with Gasteiger partial charge in [0.2, 0.25) is 0 Å². The third kappa shape index (κ3) is 7.82. The highest BCUT2D eigenvalue weighted by Crippen LogP contribution is 2.32. The molecule has 0 unspecified atom stereocenters. The molecule has 3 rings (SSSR count). The molecule has 6 heteroatoms. The van der Waals surface area contributed by atoms with Crippen molar-refractivity contribution in [1.29, 1.82) is 0 Å². The molecule has 5 nitrogen and oxygen atoms in total. The first-order chi connectivity index (χ1) is 15.6. The number of carboxylic acids is 1. The van der Waals surface area contributed by atoms with Gasteiger partial charge >= 0.3 is 5.97 Å². The Labute approximate surface area is 202 Å². The van der Waals surface area contributed by atoms with Gasteiger partial charge in [0.05, 0.1) is 18.8 Å². The minimum Gasteiger partial charge on any atom is -0.481 e. The van der Waals surface area contributed by atoms with E-state index in [1.807, 2.05) is 13.0 Å². The number of carboxylic acid groups (broad SMARTS) is 1. The second-order valence-electron chi connectivity index (χ2n) is 9.88. The number of nitrogens with one attached hydrogen (secondary N) is 1. The van der Waals surface area contributed by atoms with E-state index < -0.39 is 12.1 Å².